The standard InChI is InChI=1S/C8H14N4O/c1-3-4-6-5-8(6,13)7-9-11-12(2)10-7/h6,13H,3-5H2,1-2H3. The maximum Gasteiger partial charge on any atom is 0.206 e. The van der Waals surface area contributed by atoms with E-state index < -0.39 is 5.60 Å². The number of hydrogen-bond donors (Lipinski definition) is 1. The molecule has 0 bridgehead atoms. The van der Waals surface area contributed by atoms with Crippen LogP contribution in [0, 0.1) is 5.92 Å². The van der Waals surface area contributed by atoms with Gasteiger partial charge in [-0.1, -0.05) is 13.3 Å². The van der Waals surface area contributed by atoms with Crippen LogP contribution >= 0.6 is 0 Å². The molecule has 1 N–H and O–H groups in total. The van der Waals surface area contributed by atoms with Crippen molar-refractivity contribution >= 4 is 0 Å². The van der Waals surface area contributed by atoms with Gasteiger partial charge in [0.25, 0.3) is 0 Å². The fourth-order valence-corrected chi connectivity index (χ4v) is 1.74. The molecule has 1 saturated carbocycles. The molecule has 0 radical (unpaired) electrons. The average molecular weight is 182 g/mol. The normalized spacial score (nSPS) is 32.1. The van der Waals surface area contributed by atoms with Crippen LogP contribution in [0.25, 0.3) is 0 Å². The molecule has 0 saturated heterocycles. The molecule has 0 spiro atoms. The Balaban J connectivity index is 2.11. The van der Waals surface area contributed by atoms with Gasteiger partial charge in [-0.15, -0.1) is 10.2 Å². The van der Waals surface area contributed by atoms with Gasteiger partial charge < -0.3 is 5.11 Å². The lowest BCUT2D eigenvalue weighted by Gasteiger charge is -2.02. The second kappa shape index (κ2) is 2.77. The van der Waals surface area contributed by atoms with Crippen molar-refractivity contribution in [3.63, 3.8) is 0 Å². The number of aliphatic hydroxyl groups is 1. The molecule has 1 fully saturated rings. The van der Waals surface area contributed by atoms with Gasteiger partial charge in [-0.3, -0.25) is 0 Å². The minimum Gasteiger partial charge on any atom is -0.381 e. The van der Waals surface area contributed by atoms with E-state index >= 15 is 0 Å². The van der Waals surface area contributed by atoms with Crippen molar-refractivity contribution < 1.29 is 5.11 Å². The van der Waals surface area contributed by atoms with Gasteiger partial charge >= 0.3 is 0 Å². The summed E-state index contributed by atoms with van der Waals surface area (Å²) >= 11 is 0. The minimum absolute atomic E-state index is 0.335. The Labute approximate surface area is 76.8 Å². The Kier molecular flexibility index (Phi) is 1.83. The van der Waals surface area contributed by atoms with Gasteiger partial charge in [0.1, 0.15) is 5.60 Å². The zero-order valence-electron chi connectivity index (χ0n) is 7.93. The molecule has 2 atom stereocenters. The molecule has 0 amide bonds. The summed E-state index contributed by atoms with van der Waals surface area (Å²) in [6.45, 7) is 2.11. The fraction of sp³-hybridized carbons (Fsp3) is 0.875. The van der Waals surface area contributed by atoms with E-state index in [0.717, 1.165) is 19.3 Å². The van der Waals surface area contributed by atoms with Gasteiger partial charge in [-0.05, 0) is 24.0 Å². The first-order chi connectivity index (χ1) is 6.16. The Morgan fingerprint density at radius 3 is 3.00 bits per heavy atom. The summed E-state index contributed by atoms with van der Waals surface area (Å²) in [6, 6.07) is 0. The van der Waals surface area contributed by atoms with E-state index in [9.17, 15) is 5.11 Å². The molecule has 0 aromatic carbocycles. The minimum atomic E-state index is -0.774. The van der Waals surface area contributed by atoms with Crippen LogP contribution in [0.1, 0.15) is 32.0 Å². The Hall–Kier alpha value is -0.970. The highest BCUT2D eigenvalue weighted by atomic mass is 16.3. The van der Waals surface area contributed by atoms with E-state index in [2.05, 4.69) is 22.3 Å². The van der Waals surface area contributed by atoms with Crippen LogP contribution in [0.3, 0.4) is 0 Å². The zero-order valence-corrected chi connectivity index (χ0v) is 7.93. The van der Waals surface area contributed by atoms with Crippen LogP contribution in [-0.2, 0) is 12.6 Å². The summed E-state index contributed by atoms with van der Waals surface area (Å²) in [4.78, 5) is 1.38. The molecule has 1 aliphatic carbocycles. The molecule has 13 heavy (non-hydrogen) atoms. The maximum atomic E-state index is 10.0. The molecule has 72 valence electrons. The molecule has 2 unspecified atom stereocenters. The van der Waals surface area contributed by atoms with Crippen LogP contribution in [0.2, 0.25) is 0 Å². The quantitative estimate of drug-likeness (QED) is 0.726. The van der Waals surface area contributed by atoms with Gasteiger partial charge in [-0.25, -0.2) is 0 Å². The van der Waals surface area contributed by atoms with E-state index in [-0.39, 0.29) is 0 Å². The van der Waals surface area contributed by atoms with Crippen LogP contribution in [0.5, 0.6) is 0 Å². The monoisotopic (exact) mass is 182 g/mol. The lowest BCUT2D eigenvalue weighted by atomic mass is 10.1. The third-order valence-corrected chi connectivity index (χ3v) is 2.61. The molecular formula is C8H14N4O. The average Bonchev–Trinajstić information content (AvgIpc) is 2.57. The van der Waals surface area contributed by atoms with Gasteiger partial charge in [0, 0.05) is 0 Å². The third-order valence-electron chi connectivity index (χ3n) is 2.61. The van der Waals surface area contributed by atoms with Crippen molar-refractivity contribution in [1.82, 2.24) is 20.2 Å². The molecule has 1 aromatic heterocycles. The van der Waals surface area contributed by atoms with Crippen LogP contribution in [0.4, 0.5) is 0 Å². The van der Waals surface area contributed by atoms with E-state index in [1.165, 1.54) is 4.80 Å². The van der Waals surface area contributed by atoms with E-state index in [0.29, 0.717) is 11.7 Å². The Bertz CT molecular complexity index is 311. The second-order valence-corrected chi connectivity index (χ2v) is 3.72. The predicted molar refractivity (Wildman–Crippen MR) is 45.7 cm³/mol. The summed E-state index contributed by atoms with van der Waals surface area (Å²) in [6.07, 6.45) is 2.91. The topological polar surface area (TPSA) is 63.8 Å². The number of nitrogens with zero attached hydrogens (tertiary/aromatic N) is 4. The maximum absolute atomic E-state index is 10.0. The third kappa shape index (κ3) is 1.33. The summed E-state index contributed by atoms with van der Waals surface area (Å²) in [5.41, 5.74) is -0.774. The number of tetrazole rings is 1. The van der Waals surface area contributed by atoms with Gasteiger partial charge in [0.15, 0.2) is 0 Å². The zero-order chi connectivity index (χ0) is 9.47. The Morgan fingerprint density at radius 2 is 2.46 bits per heavy atom. The molecular weight excluding hydrogens is 168 g/mol. The number of rotatable bonds is 3. The molecule has 1 aromatic rings. The lowest BCUT2D eigenvalue weighted by Crippen LogP contribution is -2.11. The van der Waals surface area contributed by atoms with Crippen molar-refractivity contribution in [3.05, 3.63) is 5.82 Å². The first kappa shape index (κ1) is 8.62. The van der Waals surface area contributed by atoms with Crippen molar-refractivity contribution in [2.75, 3.05) is 0 Å². The van der Waals surface area contributed by atoms with E-state index in [1.54, 1.807) is 7.05 Å². The summed E-state index contributed by atoms with van der Waals surface area (Å²) < 4.78 is 0. The van der Waals surface area contributed by atoms with E-state index in [4.69, 9.17) is 0 Å². The van der Waals surface area contributed by atoms with Crippen molar-refractivity contribution in [1.29, 1.82) is 0 Å². The molecule has 1 heterocycles. The molecule has 5 nitrogen and oxygen atoms in total. The molecule has 1 aliphatic rings. The number of aryl methyl sites for hydroxylation is 1. The number of aromatic nitrogens is 4. The summed E-state index contributed by atoms with van der Waals surface area (Å²) in [5.74, 6) is 0.815. The first-order valence-electron chi connectivity index (χ1n) is 4.63. The Morgan fingerprint density at radius 1 is 1.69 bits per heavy atom. The van der Waals surface area contributed by atoms with Crippen molar-refractivity contribution in [2.45, 2.75) is 31.8 Å². The molecule has 2 rings (SSSR count). The van der Waals surface area contributed by atoms with E-state index in [1.807, 2.05) is 0 Å². The van der Waals surface area contributed by atoms with Crippen LogP contribution in [-0.4, -0.2) is 25.3 Å². The largest absolute Gasteiger partial charge is 0.381 e. The SMILES string of the molecule is CCCC1CC1(O)c1nnn(C)n1. The van der Waals surface area contributed by atoms with Gasteiger partial charge in [0.2, 0.25) is 5.82 Å². The van der Waals surface area contributed by atoms with Crippen LogP contribution < -0.4 is 0 Å². The smallest absolute Gasteiger partial charge is 0.206 e. The second-order valence-electron chi connectivity index (χ2n) is 3.72. The number of hydrogen-bond acceptors (Lipinski definition) is 4. The lowest BCUT2D eigenvalue weighted by molar-refractivity contribution is 0.118. The first-order valence-corrected chi connectivity index (χ1v) is 4.63. The highest BCUT2D eigenvalue weighted by Gasteiger charge is 2.56. The predicted octanol–water partition coefficient (Wildman–Crippen LogP) is 0.218. The fourth-order valence-electron chi connectivity index (χ4n) is 1.74. The highest BCUT2D eigenvalue weighted by Crippen LogP contribution is 2.52. The van der Waals surface area contributed by atoms with Crippen molar-refractivity contribution in [3.8, 4) is 0 Å². The van der Waals surface area contributed by atoms with Gasteiger partial charge in [-0.2, -0.15) is 4.80 Å². The molecule has 5 heteroatoms. The highest BCUT2D eigenvalue weighted by molar-refractivity contribution is 5.13. The molecule has 0 aliphatic heterocycles. The summed E-state index contributed by atoms with van der Waals surface area (Å²) in [5, 5.41) is 21.6. The van der Waals surface area contributed by atoms with Gasteiger partial charge in [0.05, 0.1) is 7.05 Å². The summed E-state index contributed by atoms with van der Waals surface area (Å²) in [7, 11) is 1.71. The van der Waals surface area contributed by atoms with Crippen molar-refractivity contribution in [2.24, 2.45) is 13.0 Å². The van der Waals surface area contributed by atoms with Crippen LogP contribution in [0.15, 0.2) is 0 Å².